The smallest absolute Gasteiger partial charge is 0.410 e. The molecule has 0 bridgehead atoms. The Morgan fingerprint density at radius 2 is 1.75 bits per heavy atom. The summed E-state index contributed by atoms with van der Waals surface area (Å²) in [4.78, 5) is 21.9. The van der Waals surface area contributed by atoms with Crippen molar-refractivity contribution in [1.82, 2.24) is 24.5 Å². The van der Waals surface area contributed by atoms with Gasteiger partial charge < -0.3 is 19.7 Å². The second-order valence-electron chi connectivity index (χ2n) is 12.7. The molecule has 0 unspecified atom stereocenters. The van der Waals surface area contributed by atoms with Crippen LogP contribution < -0.4 is 10.1 Å². The molecule has 1 spiro atoms. The van der Waals surface area contributed by atoms with Gasteiger partial charge in [-0.3, -0.25) is 0 Å². The molecule has 2 fully saturated rings. The van der Waals surface area contributed by atoms with Crippen LogP contribution in [0.3, 0.4) is 0 Å². The first-order valence-corrected chi connectivity index (χ1v) is 14.7. The minimum Gasteiger partial charge on any atom is -0.490 e. The maximum atomic E-state index is 15.5. The molecule has 2 saturated carbocycles. The van der Waals surface area contributed by atoms with E-state index in [2.05, 4.69) is 20.4 Å². The summed E-state index contributed by atoms with van der Waals surface area (Å²) in [5, 5.41) is 5.61. The molecule has 2 aromatic heterocycles. The number of nitrogens with one attached hydrogen (secondary N) is 1. The van der Waals surface area contributed by atoms with Crippen LogP contribution in [0.15, 0.2) is 18.5 Å². The van der Waals surface area contributed by atoms with Crippen molar-refractivity contribution in [2.45, 2.75) is 96.2 Å². The predicted octanol–water partition coefficient (Wildman–Crippen LogP) is 7.42. The van der Waals surface area contributed by atoms with E-state index in [0.29, 0.717) is 12.8 Å². The molecular formula is C29H34ClF5N6O3. The Hall–Kier alpha value is -3.42. The molecule has 44 heavy (non-hydrogen) atoms. The van der Waals surface area contributed by atoms with Gasteiger partial charge >= 0.3 is 12.3 Å². The molecule has 5 rings (SSSR count). The number of hydrogen-bond acceptors (Lipinski definition) is 7. The van der Waals surface area contributed by atoms with Crippen LogP contribution >= 0.6 is 11.6 Å². The summed E-state index contributed by atoms with van der Waals surface area (Å²) in [6.45, 7) is 6.33. The normalized spacial score (nSPS) is 22.9. The molecular weight excluding hydrogens is 611 g/mol. The summed E-state index contributed by atoms with van der Waals surface area (Å²) in [6, 6.07) is -0.0774. The molecule has 2 aliphatic carbocycles. The largest absolute Gasteiger partial charge is 0.490 e. The summed E-state index contributed by atoms with van der Waals surface area (Å²) in [7, 11) is 1.75. The number of carbonyl (C=O) groups is 1. The SMILES string of the molecule is C[C@H](Nc1c(-c2c(F)cc(OC3CC4(CCC(N(C)C(=O)OC(C)(C)C)CC4)C3)cc2F)c(Cl)nc2ncnn12)C(F)(F)F. The van der Waals surface area contributed by atoms with Gasteiger partial charge in [-0.15, -0.1) is 0 Å². The zero-order valence-electron chi connectivity index (χ0n) is 24.9. The molecule has 1 aromatic carbocycles. The van der Waals surface area contributed by atoms with Crippen LogP contribution in [0.5, 0.6) is 5.75 Å². The third-order valence-corrected chi connectivity index (χ3v) is 8.64. The van der Waals surface area contributed by atoms with Crippen molar-refractivity contribution in [1.29, 1.82) is 0 Å². The van der Waals surface area contributed by atoms with E-state index in [0.717, 1.165) is 55.6 Å². The number of ether oxygens (including phenoxy) is 2. The van der Waals surface area contributed by atoms with Crippen LogP contribution in [0.1, 0.15) is 66.2 Å². The Balaban J connectivity index is 1.28. The van der Waals surface area contributed by atoms with E-state index in [4.69, 9.17) is 21.1 Å². The highest BCUT2D eigenvalue weighted by Crippen LogP contribution is 2.53. The van der Waals surface area contributed by atoms with Crippen molar-refractivity contribution in [3.63, 3.8) is 0 Å². The number of benzene rings is 1. The van der Waals surface area contributed by atoms with Crippen molar-refractivity contribution < 1.29 is 36.2 Å². The number of halogens is 6. The topological polar surface area (TPSA) is 93.9 Å². The van der Waals surface area contributed by atoms with Crippen LogP contribution in [0, 0.1) is 17.0 Å². The molecule has 2 aliphatic rings. The molecule has 2 heterocycles. The van der Waals surface area contributed by atoms with Gasteiger partial charge in [-0.25, -0.2) is 13.6 Å². The number of alkyl halides is 3. The number of aromatic nitrogens is 4. The zero-order valence-corrected chi connectivity index (χ0v) is 25.7. The standard InChI is InChI=1S/C29H34ClF5N6O3/c1-15(29(33,34)35)38-24-22(23(30)39-25-36-14-37-41(24)25)21-19(31)10-17(11-20(21)32)43-18-12-28(13-18)8-6-16(7-9-28)40(5)26(42)44-27(2,3)4/h10-11,14-16,18,38H,6-9,12-13H2,1-5H3/t15-,16?,18?,28?/m0/s1. The van der Waals surface area contributed by atoms with Gasteiger partial charge in [0.15, 0.2) is 0 Å². The quantitative estimate of drug-likeness (QED) is 0.220. The van der Waals surface area contributed by atoms with Crippen molar-refractivity contribution in [2.75, 3.05) is 12.4 Å². The van der Waals surface area contributed by atoms with E-state index in [1.54, 1.807) is 11.9 Å². The van der Waals surface area contributed by atoms with Crippen molar-refractivity contribution in [2.24, 2.45) is 5.41 Å². The molecule has 240 valence electrons. The third-order valence-electron chi connectivity index (χ3n) is 8.36. The fourth-order valence-electron chi connectivity index (χ4n) is 5.99. The monoisotopic (exact) mass is 644 g/mol. The molecule has 1 N–H and O–H groups in total. The summed E-state index contributed by atoms with van der Waals surface area (Å²) in [5.41, 5.74) is -1.65. The first-order chi connectivity index (χ1) is 20.5. The van der Waals surface area contributed by atoms with Gasteiger partial charge in [0.25, 0.3) is 5.78 Å². The highest BCUT2D eigenvalue weighted by atomic mass is 35.5. The Bertz CT molecular complexity index is 1520. The summed E-state index contributed by atoms with van der Waals surface area (Å²) in [6.07, 6.45) is 0.534. The highest BCUT2D eigenvalue weighted by Gasteiger charge is 2.48. The van der Waals surface area contributed by atoms with E-state index < -0.39 is 51.6 Å². The number of anilines is 1. The first-order valence-electron chi connectivity index (χ1n) is 14.3. The maximum absolute atomic E-state index is 15.5. The lowest BCUT2D eigenvalue weighted by Gasteiger charge is -2.52. The highest BCUT2D eigenvalue weighted by molar-refractivity contribution is 6.33. The van der Waals surface area contributed by atoms with E-state index in [-0.39, 0.29) is 35.2 Å². The number of nitrogens with zero attached hydrogens (tertiary/aromatic N) is 5. The average Bonchev–Trinajstić information content (AvgIpc) is 3.35. The van der Waals surface area contributed by atoms with Crippen LogP contribution in [-0.2, 0) is 4.74 Å². The summed E-state index contributed by atoms with van der Waals surface area (Å²) >= 11 is 6.25. The van der Waals surface area contributed by atoms with Crippen molar-refractivity contribution in [3.8, 4) is 16.9 Å². The molecule has 3 aromatic rings. The van der Waals surface area contributed by atoms with Gasteiger partial charge in [0, 0.05) is 25.2 Å². The summed E-state index contributed by atoms with van der Waals surface area (Å²) < 4.78 is 83.5. The van der Waals surface area contributed by atoms with E-state index >= 15 is 8.78 Å². The lowest BCUT2D eigenvalue weighted by Crippen LogP contribution is -2.50. The molecule has 9 nitrogen and oxygen atoms in total. The van der Waals surface area contributed by atoms with Crippen LogP contribution in [-0.4, -0.2) is 67.6 Å². The fourth-order valence-corrected chi connectivity index (χ4v) is 6.25. The van der Waals surface area contributed by atoms with Gasteiger partial charge in [0.1, 0.15) is 46.3 Å². The van der Waals surface area contributed by atoms with E-state index in [1.807, 2.05) is 20.8 Å². The second kappa shape index (κ2) is 11.5. The van der Waals surface area contributed by atoms with Crippen LogP contribution in [0.4, 0.5) is 32.6 Å². The minimum absolute atomic E-state index is 0.0368. The van der Waals surface area contributed by atoms with E-state index in [1.165, 1.54) is 0 Å². The number of amides is 1. The van der Waals surface area contributed by atoms with Gasteiger partial charge in [0.05, 0.1) is 17.2 Å². The van der Waals surface area contributed by atoms with Gasteiger partial charge in [-0.1, -0.05) is 11.6 Å². The molecule has 0 radical (unpaired) electrons. The number of hydrogen-bond donors (Lipinski definition) is 1. The molecule has 0 saturated heterocycles. The Labute approximate surface area is 256 Å². The molecule has 15 heteroatoms. The lowest BCUT2D eigenvalue weighted by molar-refractivity contribution is -0.138. The number of fused-ring (bicyclic) bond motifs is 1. The Morgan fingerprint density at radius 3 is 2.32 bits per heavy atom. The molecule has 1 atom stereocenters. The van der Waals surface area contributed by atoms with Gasteiger partial charge in [-0.2, -0.15) is 32.8 Å². The Morgan fingerprint density at radius 1 is 1.14 bits per heavy atom. The van der Waals surface area contributed by atoms with Crippen molar-refractivity contribution in [3.05, 3.63) is 35.2 Å². The lowest BCUT2D eigenvalue weighted by atomic mass is 9.58. The number of rotatable bonds is 6. The number of carbonyl (C=O) groups excluding carboxylic acids is 1. The second-order valence-corrected chi connectivity index (χ2v) is 13.1. The van der Waals surface area contributed by atoms with E-state index in [9.17, 15) is 18.0 Å². The maximum Gasteiger partial charge on any atom is 0.410 e. The zero-order chi connectivity index (χ0) is 32.2. The molecule has 0 aliphatic heterocycles. The fraction of sp³-hybridized carbons (Fsp3) is 0.586. The first kappa shape index (κ1) is 32.0. The Kier molecular flexibility index (Phi) is 8.36. The summed E-state index contributed by atoms with van der Waals surface area (Å²) in [5.74, 6) is -2.80. The average molecular weight is 645 g/mol. The third kappa shape index (κ3) is 6.50. The van der Waals surface area contributed by atoms with Gasteiger partial charge in [-0.05, 0) is 71.6 Å². The van der Waals surface area contributed by atoms with Gasteiger partial charge in [0.2, 0.25) is 0 Å². The minimum atomic E-state index is -4.68. The van der Waals surface area contributed by atoms with Crippen LogP contribution in [0.25, 0.3) is 16.9 Å². The van der Waals surface area contributed by atoms with Crippen molar-refractivity contribution >= 4 is 29.3 Å². The predicted molar refractivity (Wildman–Crippen MR) is 153 cm³/mol. The molecule has 1 amide bonds. The van der Waals surface area contributed by atoms with Crippen LogP contribution in [0.2, 0.25) is 5.15 Å².